The third-order valence-electron chi connectivity index (χ3n) is 13.1. The highest BCUT2D eigenvalue weighted by molar-refractivity contribution is 5.94. The number of anilines is 2. The molecule has 4 unspecified atom stereocenters. The first-order valence-corrected chi connectivity index (χ1v) is 20.3. The van der Waals surface area contributed by atoms with Gasteiger partial charge in [0.2, 0.25) is 0 Å². The molecule has 0 amide bonds. The molecule has 276 valence electrons. The molecule has 11 rings (SSSR count). The van der Waals surface area contributed by atoms with Crippen LogP contribution in [-0.2, 0) is 11.8 Å². The van der Waals surface area contributed by atoms with E-state index in [1.165, 1.54) is 44.7 Å². The van der Waals surface area contributed by atoms with E-state index < -0.39 is 0 Å². The second kappa shape index (κ2) is 12.8. The van der Waals surface area contributed by atoms with E-state index in [9.17, 15) is 0 Å². The van der Waals surface area contributed by atoms with Crippen molar-refractivity contribution in [1.82, 2.24) is 14.5 Å². The quantitative estimate of drug-likeness (QED) is 0.176. The molecule has 0 saturated heterocycles. The van der Waals surface area contributed by atoms with Gasteiger partial charge in [0.25, 0.3) is 0 Å². The van der Waals surface area contributed by atoms with Gasteiger partial charge in [0.1, 0.15) is 0 Å². The summed E-state index contributed by atoms with van der Waals surface area (Å²) in [6.45, 7) is 7.33. The average Bonchev–Trinajstić information content (AvgIpc) is 3.72. The number of para-hydroxylation sites is 3. The molecule has 57 heavy (non-hydrogen) atoms. The van der Waals surface area contributed by atoms with Gasteiger partial charge in [0.05, 0.1) is 22.3 Å². The Morgan fingerprint density at radius 2 is 1.37 bits per heavy atom. The molecule has 4 nitrogen and oxygen atoms in total. The molecule has 2 aliphatic carbocycles. The van der Waals surface area contributed by atoms with Crippen molar-refractivity contribution in [3.05, 3.63) is 198 Å². The maximum Gasteiger partial charge on any atom is 0.160 e. The molecule has 4 atom stereocenters. The van der Waals surface area contributed by atoms with Gasteiger partial charge < -0.3 is 9.47 Å². The van der Waals surface area contributed by atoms with Gasteiger partial charge in [0, 0.05) is 50.6 Å². The highest BCUT2D eigenvalue weighted by Gasteiger charge is 2.48. The summed E-state index contributed by atoms with van der Waals surface area (Å²) in [5.41, 5.74) is 14.5. The zero-order valence-electron chi connectivity index (χ0n) is 32.6. The van der Waals surface area contributed by atoms with Gasteiger partial charge >= 0.3 is 0 Å². The van der Waals surface area contributed by atoms with E-state index in [-0.39, 0.29) is 16.9 Å². The van der Waals surface area contributed by atoms with Crippen molar-refractivity contribution in [1.29, 1.82) is 0 Å². The number of nitrogens with zero attached hydrogens (tertiary/aromatic N) is 4. The lowest BCUT2D eigenvalue weighted by Gasteiger charge is -2.39. The molecule has 4 heteroatoms. The fraction of sp³-hybridized carbons (Fsp3) is 0.170. The van der Waals surface area contributed by atoms with E-state index in [4.69, 9.17) is 9.97 Å². The summed E-state index contributed by atoms with van der Waals surface area (Å²) in [5, 5.41) is 2.45. The maximum absolute atomic E-state index is 5.15. The fourth-order valence-electron chi connectivity index (χ4n) is 10.6. The molecule has 3 heterocycles. The second-order valence-electron chi connectivity index (χ2n) is 16.8. The van der Waals surface area contributed by atoms with Crippen LogP contribution in [0.15, 0.2) is 176 Å². The van der Waals surface area contributed by atoms with Gasteiger partial charge in [-0.25, -0.2) is 9.97 Å². The Morgan fingerprint density at radius 3 is 2.18 bits per heavy atom. The number of hydrogen-bond acceptors (Lipinski definition) is 3. The summed E-state index contributed by atoms with van der Waals surface area (Å²) in [5.74, 6) is 1.39. The van der Waals surface area contributed by atoms with Crippen molar-refractivity contribution in [3.63, 3.8) is 0 Å². The Balaban J connectivity index is 0.981. The minimum atomic E-state index is -0.245. The summed E-state index contributed by atoms with van der Waals surface area (Å²) in [6, 6.07) is 54.9. The number of allylic oxidation sites excluding steroid dienone is 2. The topological polar surface area (TPSA) is 34.0 Å². The van der Waals surface area contributed by atoms with Gasteiger partial charge in [-0.1, -0.05) is 135 Å². The van der Waals surface area contributed by atoms with Crippen LogP contribution in [0.4, 0.5) is 11.4 Å². The summed E-state index contributed by atoms with van der Waals surface area (Å²) in [7, 11) is 0. The zero-order valence-corrected chi connectivity index (χ0v) is 32.6. The third-order valence-corrected chi connectivity index (χ3v) is 13.1. The number of benzene rings is 6. The molecule has 1 aliphatic heterocycles. The smallest absolute Gasteiger partial charge is 0.160 e. The normalized spacial score (nSPS) is 22.1. The van der Waals surface area contributed by atoms with Crippen molar-refractivity contribution < 1.29 is 0 Å². The summed E-state index contributed by atoms with van der Waals surface area (Å²) < 4.78 is 2.54. The minimum Gasteiger partial charge on any atom is -0.331 e. The third kappa shape index (κ3) is 5.20. The van der Waals surface area contributed by atoms with Crippen molar-refractivity contribution >= 4 is 33.2 Å². The van der Waals surface area contributed by atoms with Crippen LogP contribution in [0.5, 0.6) is 0 Å². The van der Waals surface area contributed by atoms with Gasteiger partial charge in [-0.2, -0.15) is 0 Å². The molecular weight excluding hydrogens is 693 g/mol. The first-order valence-electron chi connectivity index (χ1n) is 20.3. The van der Waals surface area contributed by atoms with Crippen LogP contribution in [-0.4, -0.2) is 20.1 Å². The molecule has 0 spiro atoms. The molecule has 0 radical (unpaired) electrons. The largest absolute Gasteiger partial charge is 0.331 e. The maximum atomic E-state index is 5.15. The van der Waals surface area contributed by atoms with E-state index in [0.717, 1.165) is 52.1 Å². The van der Waals surface area contributed by atoms with Crippen LogP contribution >= 0.6 is 0 Å². The van der Waals surface area contributed by atoms with E-state index in [0.29, 0.717) is 5.92 Å². The summed E-state index contributed by atoms with van der Waals surface area (Å²) >= 11 is 0. The van der Waals surface area contributed by atoms with E-state index in [2.05, 4.69) is 194 Å². The lowest BCUT2D eigenvalue weighted by Crippen LogP contribution is -2.41. The lowest BCUT2D eigenvalue weighted by molar-refractivity contribution is 0.367. The zero-order chi connectivity index (χ0) is 38.3. The van der Waals surface area contributed by atoms with E-state index in [1.54, 1.807) is 0 Å². The van der Waals surface area contributed by atoms with Gasteiger partial charge in [0.15, 0.2) is 5.82 Å². The second-order valence-corrected chi connectivity index (χ2v) is 16.8. The van der Waals surface area contributed by atoms with Crippen molar-refractivity contribution in [3.8, 4) is 28.3 Å². The first-order chi connectivity index (χ1) is 27.9. The molecule has 6 aromatic carbocycles. The van der Waals surface area contributed by atoms with Crippen LogP contribution in [0, 0.1) is 0 Å². The fourth-order valence-corrected chi connectivity index (χ4v) is 10.6. The molecule has 0 fully saturated rings. The van der Waals surface area contributed by atoms with Crippen LogP contribution < -0.4 is 4.90 Å². The van der Waals surface area contributed by atoms with Crippen molar-refractivity contribution in [2.24, 2.45) is 0 Å². The number of fused-ring (bicyclic) bond motifs is 7. The molecule has 0 saturated carbocycles. The SMILES string of the molecule is CC1CC(C)(c2ccc3c(c2)C2C=CC=CC2(C)N3c2ccc(-c3nc(-c4ccccc4)c4ccccc4n3)cc2)Cc2c1c1ccccc1n2-c1ccccc1. The number of hydrogen-bond donors (Lipinski definition) is 0. The van der Waals surface area contributed by atoms with Gasteiger partial charge in [-0.05, 0) is 102 Å². The first kappa shape index (κ1) is 33.8. The van der Waals surface area contributed by atoms with Crippen LogP contribution in [0.1, 0.15) is 61.4 Å². The van der Waals surface area contributed by atoms with Crippen LogP contribution in [0.25, 0.3) is 50.1 Å². The van der Waals surface area contributed by atoms with Crippen LogP contribution in [0.2, 0.25) is 0 Å². The Hall–Kier alpha value is -6.52. The lowest BCUT2D eigenvalue weighted by atomic mass is 9.66. The van der Waals surface area contributed by atoms with E-state index in [1.807, 2.05) is 12.1 Å². The Bertz CT molecular complexity index is 2900. The minimum absolute atomic E-state index is 0.0273. The molecule has 0 bridgehead atoms. The Labute approximate surface area is 334 Å². The molecular formula is C53H44N4. The van der Waals surface area contributed by atoms with Crippen molar-refractivity contribution in [2.45, 2.75) is 56.4 Å². The Kier molecular flexibility index (Phi) is 7.56. The highest BCUT2D eigenvalue weighted by Crippen LogP contribution is 2.56. The number of rotatable bonds is 5. The van der Waals surface area contributed by atoms with Gasteiger partial charge in [-0.15, -0.1) is 0 Å². The highest BCUT2D eigenvalue weighted by atomic mass is 15.2. The predicted molar refractivity (Wildman–Crippen MR) is 236 cm³/mol. The average molecular weight is 737 g/mol. The Morgan fingerprint density at radius 1 is 0.649 bits per heavy atom. The summed E-state index contributed by atoms with van der Waals surface area (Å²) in [4.78, 5) is 12.7. The van der Waals surface area contributed by atoms with E-state index >= 15 is 0 Å². The van der Waals surface area contributed by atoms with Crippen molar-refractivity contribution in [2.75, 3.05) is 4.90 Å². The van der Waals surface area contributed by atoms with Gasteiger partial charge in [-0.3, -0.25) is 0 Å². The molecule has 0 N–H and O–H groups in total. The van der Waals surface area contributed by atoms with Crippen LogP contribution in [0.3, 0.4) is 0 Å². The predicted octanol–water partition coefficient (Wildman–Crippen LogP) is 13.0. The molecule has 3 aliphatic rings. The standard InChI is InChI=1S/C53H44N4/c1-35-33-52(2,34-48-49(35)42-21-11-13-24-46(42)56(48)39-18-8-5-9-19-39)38-27-30-47-43(32-38)44-22-14-15-31-53(44,3)57(47)40-28-25-37(26-29-40)51-54-45-23-12-10-20-41(45)50(55-51)36-16-6-4-7-17-36/h4-32,35,44H,33-34H2,1-3H3. The molecule has 8 aromatic rings. The monoisotopic (exact) mass is 736 g/mol. The number of aromatic nitrogens is 3. The summed E-state index contributed by atoms with van der Waals surface area (Å²) in [6.07, 6.45) is 11.3. The molecule has 2 aromatic heterocycles.